The van der Waals surface area contributed by atoms with Gasteiger partial charge in [-0.1, -0.05) is 14.9 Å². The average molecular weight is 1970 g/mol. The molecule has 0 bridgehead atoms. The number of carbonyl (C=O) groups excluding carboxylic acids is 6. The number of ether oxygens (including phenoxy) is 1. The van der Waals surface area contributed by atoms with E-state index in [1.54, 1.807) is 13.6 Å². The zero-order valence-corrected chi connectivity index (χ0v) is 56.5. The number of nitrogen functional groups attached to an aromatic ring is 1. The number of rotatable bonds is 17. The molecule has 420 valence electrons. The fraction of sp³-hybridized carbons (Fsp3) is 0.550. The van der Waals surface area contributed by atoms with Gasteiger partial charge in [-0.05, 0) is 175 Å². The summed E-state index contributed by atoms with van der Waals surface area (Å²) in [5.41, 5.74) is 9.73. The zero-order valence-electron chi connectivity index (χ0n) is 38.5. The number of hydrogen-bond acceptors (Lipinski definition) is 19. The number of carbonyl (C=O) groups is 6. The molecule has 2 heterocycles. The van der Waals surface area contributed by atoms with Crippen molar-refractivity contribution >= 4 is 239 Å². The van der Waals surface area contributed by atoms with Gasteiger partial charge in [0.2, 0.25) is 0 Å². The summed E-state index contributed by atoms with van der Waals surface area (Å²) in [6.07, 6.45) is -1.94. The van der Waals surface area contributed by atoms with Crippen molar-refractivity contribution in [3.05, 3.63) is 49.2 Å². The molecule has 4 amide bonds. The monoisotopic (exact) mass is 1970 g/mol. The molecule has 2 aromatic rings. The molecule has 0 spiro atoms. The number of nitrogens with two attached hydrogens (primary N) is 1. The van der Waals surface area contributed by atoms with Crippen LogP contribution < -0.4 is 32.5 Å². The van der Waals surface area contributed by atoms with Crippen LogP contribution >= 0.6 is 184 Å². The van der Waals surface area contributed by atoms with Gasteiger partial charge >= 0.3 is 20.2 Å². The van der Waals surface area contributed by atoms with Gasteiger partial charge in [0.1, 0.15) is 0 Å². The smallest absolute Gasteiger partial charge is 0.453 e. The third-order valence-electron chi connectivity index (χ3n) is 9.56. The van der Waals surface area contributed by atoms with Crippen molar-refractivity contribution in [2.75, 3.05) is 58.6 Å². The normalized spacial score (nSPS) is 14.7. The lowest BCUT2D eigenvalue weighted by molar-refractivity contribution is -0.149. The topological polar surface area (TPSA) is 356 Å². The molecule has 0 radical (unpaired) electrons. The number of halogens is 9. The van der Waals surface area contributed by atoms with Gasteiger partial charge in [0, 0.05) is 64.0 Å². The minimum absolute atomic E-state index is 0. The lowest BCUT2D eigenvalue weighted by atomic mass is 9.93. The molecule has 1 unspecified atom stereocenters. The number of benzene rings is 2. The van der Waals surface area contributed by atoms with Crippen LogP contribution in [-0.4, -0.2) is 169 Å². The van der Waals surface area contributed by atoms with Gasteiger partial charge in [0.05, 0.1) is 124 Å². The molecule has 0 aliphatic carbocycles. The number of esters is 1. The number of nitrogens with one attached hydrogen (secondary N) is 5. The van der Waals surface area contributed by atoms with E-state index in [1.807, 2.05) is 141 Å². The number of aliphatic hydroxyl groups excluding tert-OH is 5. The number of aliphatic hydroxyl groups is 5. The molecule has 0 saturated carbocycles. The van der Waals surface area contributed by atoms with E-state index in [0.717, 1.165) is 0 Å². The van der Waals surface area contributed by atoms with Crippen molar-refractivity contribution in [1.82, 2.24) is 26.7 Å². The third kappa shape index (κ3) is 23.5. The van der Waals surface area contributed by atoms with Crippen LogP contribution in [0.4, 0.5) is 5.69 Å². The second kappa shape index (κ2) is 39.5. The van der Waals surface area contributed by atoms with Crippen molar-refractivity contribution in [2.45, 2.75) is 91.7 Å². The molecule has 74 heavy (non-hydrogen) atoms. The van der Waals surface area contributed by atoms with E-state index in [4.69, 9.17) is 36.0 Å². The number of hydroxylamine groups is 1. The fourth-order valence-corrected chi connectivity index (χ4v) is 14.8. The van der Waals surface area contributed by atoms with Crippen molar-refractivity contribution in [3.63, 3.8) is 0 Å². The predicted molar refractivity (Wildman–Crippen MR) is 347 cm³/mol. The molecule has 4 rings (SSSR count). The molecule has 2 aromatic carbocycles. The molecular weight excluding hydrogens is 1910 g/mol. The maximum Gasteiger partial charge on any atom is 0.453 e. The molecule has 34 heteroatoms. The van der Waals surface area contributed by atoms with Gasteiger partial charge in [-0.3, -0.25) is 28.8 Å². The molecule has 23 nitrogen and oxygen atoms in total. The first-order valence-electron chi connectivity index (χ1n) is 20.7. The van der Waals surface area contributed by atoms with Crippen molar-refractivity contribution in [1.29, 1.82) is 0 Å². The summed E-state index contributed by atoms with van der Waals surface area (Å²) in [6.45, 7) is 7.03. The van der Waals surface area contributed by atoms with E-state index < -0.39 is 79.8 Å². The van der Waals surface area contributed by atoms with E-state index in [9.17, 15) is 59.5 Å². The zero-order chi connectivity index (χ0) is 55.3. The van der Waals surface area contributed by atoms with E-state index in [2.05, 4.69) is 63.2 Å². The van der Waals surface area contributed by atoms with E-state index in [0.29, 0.717) is 61.1 Å². The molecule has 0 aromatic heterocycles. The quantitative estimate of drug-likeness (QED) is 0.0260. The maximum atomic E-state index is 13.0. The Bertz CT molecular complexity index is 2070. The minimum atomic E-state index is -1.11. The third-order valence-corrected chi connectivity index (χ3v) is 16.5. The Kier molecular flexibility index (Phi) is 41.2. The first-order valence-corrected chi connectivity index (χ1v) is 33.8. The molecule has 2 saturated heterocycles. The summed E-state index contributed by atoms with van der Waals surface area (Å²) in [5, 5.41) is 67.0. The number of anilines is 1. The first kappa shape index (κ1) is 77.1. The van der Waals surface area contributed by atoms with Crippen LogP contribution in [0.15, 0.2) is 0 Å². The fourth-order valence-electron chi connectivity index (χ4n) is 5.84. The van der Waals surface area contributed by atoms with Crippen LogP contribution in [0.25, 0.3) is 0 Å². The maximum absolute atomic E-state index is 13.0. The van der Waals surface area contributed by atoms with Crippen LogP contribution in [0.5, 0.6) is 0 Å². The Morgan fingerprint density at radius 2 is 0.959 bits per heavy atom. The molecule has 2 fully saturated rings. The van der Waals surface area contributed by atoms with E-state index in [-0.39, 0.29) is 73.2 Å². The van der Waals surface area contributed by atoms with Crippen molar-refractivity contribution in [3.8, 4) is 0 Å². The van der Waals surface area contributed by atoms with Gasteiger partial charge in [0.15, 0.2) is 6.10 Å². The molecule has 2 aliphatic heterocycles. The minimum Gasteiger partial charge on any atom is -0.453 e. The van der Waals surface area contributed by atoms with Gasteiger partial charge < -0.3 is 81.1 Å². The summed E-state index contributed by atoms with van der Waals surface area (Å²) in [4.78, 5) is 72.3. The highest BCUT2D eigenvalue weighted by Crippen LogP contribution is 2.37. The number of amides is 4. The van der Waals surface area contributed by atoms with Crippen LogP contribution in [0.3, 0.4) is 0 Å². The van der Waals surface area contributed by atoms with Crippen molar-refractivity contribution in [2.24, 2.45) is 0 Å². The molecule has 3 atom stereocenters. The van der Waals surface area contributed by atoms with Crippen LogP contribution in [0.1, 0.15) is 88.7 Å². The Labute approximate surface area is 540 Å². The molecular formula is C40H59B2ClI8N6O17. The lowest BCUT2D eigenvalue weighted by Crippen LogP contribution is -2.49. The Hall–Kier alpha value is 1.08. The van der Waals surface area contributed by atoms with Crippen molar-refractivity contribution < 1.29 is 82.9 Å². The lowest BCUT2D eigenvalue weighted by Gasteiger charge is -2.28. The van der Waals surface area contributed by atoms with Gasteiger partial charge in [0.25, 0.3) is 28.9 Å². The standard InChI is InChI=1S/C17H24I3N3O8.C16H20B2I3N3O6.C5H7ClO3.2CH4.I2/c1-6(28)15(23-31)9-12(18)10(16(29)21-7(2-24)3-25)14(20)11(13(9)19)17(30)22-8(4-26)5-27;1-17-27-3-7(4-28-17)23-15(25)9-11(19)10(13(21)14(22)12(9)20)16(26)24-8-5-29-18(2)30-6-8;1-3(5(6)8)9-4(2)7;;;1-2/h6-8,15,23-28,31H,2-5H2,1H3,(H,21,29)(H,22,30);7-8H,3-6,22H2,1-2H3,(H,23,25)(H,24,26);3H,1-2H3;2*1H4;/t6-,15?;;3-;;;/m0.0.../s1. The summed E-state index contributed by atoms with van der Waals surface area (Å²) in [7, 11) is -0.586. The molecule has 13 N–H and O–H groups in total. The van der Waals surface area contributed by atoms with Crippen LogP contribution in [0.2, 0.25) is 13.6 Å². The number of hydrogen-bond donors (Lipinski definition) is 12. The molecule has 2 aliphatic rings. The highest BCUT2D eigenvalue weighted by Gasteiger charge is 2.35. The Balaban J connectivity index is 0. The second-order valence-corrected chi connectivity index (χ2v) is 21.8. The summed E-state index contributed by atoms with van der Waals surface area (Å²) >= 11 is 20.8. The summed E-state index contributed by atoms with van der Waals surface area (Å²) in [6, 6.07) is -3.48. The SMILES string of the molecule is C.C.CB1OCC(NC(=O)c2c(I)c(N)c(I)c(C(=O)NC3COB(C)OC3)c2I)CO1.CC(=O)O[C@@H](C)C(=O)Cl.C[C@H](O)C(NO)c1c(I)c(C(=O)NC(CO)CO)c(I)c(C(=O)NC(CO)CO)c1I.II. The van der Waals surface area contributed by atoms with Gasteiger partial charge in [-0.2, -0.15) is 5.48 Å². The Morgan fingerprint density at radius 1 is 0.649 bits per heavy atom. The predicted octanol–water partition coefficient (Wildman–Crippen LogP) is 4.42. The van der Waals surface area contributed by atoms with E-state index >= 15 is 0 Å². The summed E-state index contributed by atoms with van der Waals surface area (Å²) < 4.78 is 28.7. The van der Waals surface area contributed by atoms with Crippen LogP contribution in [-0.2, 0) is 32.9 Å². The first-order chi connectivity index (χ1) is 33.8. The van der Waals surface area contributed by atoms with Crippen LogP contribution in [0, 0.1) is 21.4 Å². The van der Waals surface area contributed by atoms with Gasteiger partial charge in [-0.25, -0.2) is 0 Å². The Morgan fingerprint density at radius 3 is 1.20 bits per heavy atom. The van der Waals surface area contributed by atoms with E-state index in [1.165, 1.54) is 20.8 Å². The largest absolute Gasteiger partial charge is 0.453 e. The summed E-state index contributed by atoms with van der Waals surface area (Å²) in [5.74, 6) is -2.53. The highest BCUT2D eigenvalue weighted by molar-refractivity contribution is 15.0. The highest BCUT2D eigenvalue weighted by atomic mass is 128. The second-order valence-electron chi connectivity index (χ2n) is 15.0. The average Bonchev–Trinajstić information content (AvgIpc) is 3.32. The van der Waals surface area contributed by atoms with Gasteiger partial charge in [-0.15, -0.1) is 0 Å².